The Labute approximate surface area is 865 Å². The van der Waals surface area contributed by atoms with Crippen LogP contribution in [0.4, 0.5) is 0 Å². The van der Waals surface area contributed by atoms with Crippen LogP contribution in [0.5, 0.6) is 0 Å². The van der Waals surface area contributed by atoms with Crippen LogP contribution in [0.25, 0.3) is 0 Å². The van der Waals surface area contributed by atoms with Crippen LogP contribution >= 0.6 is 11.6 Å². The van der Waals surface area contributed by atoms with Gasteiger partial charge in [-0.15, -0.1) is 11.6 Å². The molecule has 4 saturated heterocycles. The minimum absolute atomic E-state index is 0. The molecule has 0 spiro atoms. The van der Waals surface area contributed by atoms with E-state index in [1.54, 1.807) is 34.6 Å². The minimum Gasteiger partial charge on any atom is -1.00 e. The SMILES string of the molecule is C=C(C)C(=O)NCCC[N+](C)(C)CC(=O)NCCN1CCNCC1.C=C(C)C(=O)NCCC[N+](C)(C)CC(=O)NCC[NH+]1CC[NH+](C(CO)C[N+](C)(C)C)CC1.C=C(C)C(=O)NCCC[N+](C)(C)CC(=O)NCC[NH+]1CC[NH+](CC(O)C[N+](C)(C)C)CC1.C=C(C)C(=O)NCCC[N+](C)(C)CC(=O)OCC.C[N+](C)(C)CC(O)CCl.NCCN1CCNCC1.[Cl-].[Cl-].[Cl-].[Cl-].[Cl-].[Cl-].[Cl-].[Cl-].[Cl-]. The predicted molar refractivity (Wildman–Crippen MR) is 500 cm³/mol. The molecule has 0 aromatic carbocycles. The molecule has 0 radical (unpaired) electrons. The molecule has 796 valence electrons. The number of alkyl halides is 1. The van der Waals surface area contributed by atoms with E-state index in [-0.39, 0.29) is 178 Å². The molecule has 0 aromatic rings. The molecule has 0 saturated carbocycles. The second-order valence-electron chi connectivity index (χ2n) is 40.0. The van der Waals surface area contributed by atoms with Crippen molar-refractivity contribution in [3.8, 4) is 0 Å². The van der Waals surface area contributed by atoms with Crippen LogP contribution in [0.2, 0.25) is 0 Å². The number of esters is 1. The van der Waals surface area contributed by atoms with E-state index >= 15 is 0 Å². The van der Waals surface area contributed by atoms with Gasteiger partial charge in [-0.05, 0) is 34.6 Å². The monoisotopic (exact) mass is 2110 g/mol. The van der Waals surface area contributed by atoms with Crippen LogP contribution in [0.3, 0.4) is 0 Å². The second kappa shape index (κ2) is 83.5. The number of quaternary nitrogens is 11. The Morgan fingerprint density at radius 2 is 0.699 bits per heavy atom. The number of hydrogen-bond donors (Lipinski definition) is 17. The van der Waals surface area contributed by atoms with Crippen molar-refractivity contribution < 1.29 is 221 Å². The maximum absolute atomic E-state index is 12.4. The summed E-state index contributed by atoms with van der Waals surface area (Å²) in [5.74, 6) is -0.0704. The van der Waals surface area contributed by atoms with Crippen molar-refractivity contribution in [2.75, 3.05) is 401 Å². The average Bonchev–Trinajstić information content (AvgIpc) is 0.835. The second-order valence-corrected chi connectivity index (χ2v) is 40.3. The topological polar surface area (TPSA) is 365 Å². The lowest BCUT2D eigenvalue weighted by Gasteiger charge is -2.36. The Bertz CT molecular complexity index is 3090. The zero-order valence-corrected chi connectivity index (χ0v) is 93.3. The van der Waals surface area contributed by atoms with Gasteiger partial charge in [0, 0.05) is 153 Å². The molecule has 4 aliphatic rings. The Morgan fingerprint density at radius 1 is 0.414 bits per heavy atom. The first-order chi connectivity index (χ1) is 57.6. The van der Waals surface area contributed by atoms with Crippen LogP contribution in [-0.4, -0.2) is 523 Å². The van der Waals surface area contributed by atoms with Gasteiger partial charge < -0.3 is 236 Å². The summed E-state index contributed by atoms with van der Waals surface area (Å²) < 4.78 is 9.69. The molecule has 4 rings (SSSR count). The van der Waals surface area contributed by atoms with Gasteiger partial charge in [0.15, 0.2) is 38.3 Å². The summed E-state index contributed by atoms with van der Waals surface area (Å²) in [7, 11) is 35.1. The first-order valence-electron chi connectivity index (χ1n) is 45.4. The highest BCUT2D eigenvalue weighted by atomic mass is 35.5. The number of hydrogen-bond acceptors (Lipinski definition) is 17. The maximum Gasteiger partial charge on any atom is 0.361 e. The lowest BCUT2D eigenvalue weighted by atomic mass is 10.2. The number of nitrogens with zero attached hydrogens (tertiary/aromatic N) is 9. The number of nitrogens with two attached hydrogens (primary N) is 1. The minimum atomic E-state index is -0.369. The van der Waals surface area contributed by atoms with E-state index in [0.717, 1.165) is 222 Å². The van der Waals surface area contributed by atoms with E-state index in [2.05, 4.69) is 126 Å². The highest BCUT2D eigenvalue weighted by Crippen LogP contribution is 2.05. The summed E-state index contributed by atoms with van der Waals surface area (Å²) in [5, 5.41) is 56.2. The van der Waals surface area contributed by atoms with Gasteiger partial charge in [0.05, 0.1) is 185 Å². The van der Waals surface area contributed by atoms with Crippen molar-refractivity contribution in [3.05, 3.63) is 48.6 Å². The number of carbonyl (C=O) groups is 8. The number of carbonyl (C=O) groups excluding carboxylic acids is 8. The van der Waals surface area contributed by atoms with E-state index in [0.29, 0.717) is 137 Å². The number of likely N-dealkylation sites (N-methyl/N-ethyl adjacent to an activating group) is 7. The average molecular weight is 2120 g/mol. The van der Waals surface area contributed by atoms with Gasteiger partial charge in [-0.25, -0.2) is 4.79 Å². The molecular formula is C88H189Cl10N23O12+2. The van der Waals surface area contributed by atoms with Crippen molar-refractivity contribution in [2.24, 2.45) is 5.73 Å². The van der Waals surface area contributed by atoms with Crippen LogP contribution in [0, 0.1) is 0 Å². The van der Waals surface area contributed by atoms with Crippen molar-refractivity contribution in [3.63, 3.8) is 0 Å². The number of rotatable bonds is 51. The zero-order chi connectivity index (χ0) is 94.9. The molecule has 18 N–H and O–H groups in total. The third kappa shape index (κ3) is 89.9. The Hall–Kier alpha value is -3.14. The molecular weight excluding hydrogens is 1930 g/mol. The molecule has 35 nitrogen and oxygen atoms in total. The molecule has 0 bridgehead atoms. The van der Waals surface area contributed by atoms with Crippen molar-refractivity contribution in [1.29, 1.82) is 0 Å². The first kappa shape index (κ1) is 153. The van der Waals surface area contributed by atoms with E-state index in [1.165, 1.54) is 19.6 Å². The summed E-state index contributed by atoms with van der Waals surface area (Å²) in [5.41, 5.74) is 7.46. The lowest BCUT2D eigenvalue weighted by Crippen LogP contribution is -3.30. The smallest absolute Gasteiger partial charge is 0.361 e. The van der Waals surface area contributed by atoms with Crippen molar-refractivity contribution in [2.45, 2.75) is 78.6 Å². The molecule has 4 heterocycles. The summed E-state index contributed by atoms with van der Waals surface area (Å²) in [6, 6.07) is 0.297. The highest BCUT2D eigenvalue weighted by Gasteiger charge is 2.34. The number of aliphatic hydroxyl groups is 3. The van der Waals surface area contributed by atoms with E-state index < -0.39 is 0 Å². The quantitative estimate of drug-likeness (QED) is 0.00884. The van der Waals surface area contributed by atoms with Gasteiger partial charge in [-0.2, -0.15) is 0 Å². The number of piperazine rings is 4. The number of nitrogens with one attached hydrogen (secondary N) is 13. The normalized spacial score (nSPS) is 16.7. The van der Waals surface area contributed by atoms with Crippen LogP contribution < -0.4 is 185 Å². The van der Waals surface area contributed by atoms with E-state index in [4.69, 9.17) is 27.2 Å². The van der Waals surface area contributed by atoms with Gasteiger partial charge >= 0.3 is 5.97 Å². The fourth-order valence-electron chi connectivity index (χ4n) is 14.5. The largest absolute Gasteiger partial charge is 1.00 e. The van der Waals surface area contributed by atoms with Gasteiger partial charge in [0.1, 0.15) is 91.2 Å². The van der Waals surface area contributed by atoms with Crippen molar-refractivity contribution >= 4 is 58.9 Å². The van der Waals surface area contributed by atoms with E-state index in [9.17, 15) is 48.6 Å². The molecule has 4 aliphatic heterocycles. The fraction of sp³-hybridized carbons (Fsp3) is 0.818. The fourth-order valence-corrected chi connectivity index (χ4v) is 14.6. The van der Waals surface area contributed by atoms with Gasteiger partial charge in [0.2, 0.25) is 23.6 Å². The maximum atomic E-state index is 12.4. The van der Waals surface area contributed by atoms with Crippen LogP contribution in [-0.2, 0) is 43.1 Å². The number of amides is 7. The molecule has 45 heteroatoms. The summed E-state index contributed by atoms with van der Waals surface area (Å²) in [6.07, 6.45) is 2.66. The van der Waals surface area contributed by atoms with Crippen LogP contribution in [0.15, 0.2) is 48.6 Å². The molecule has 0 aliphatic carbocycles. The molecule has 133 heavy (non-hydrogen) atoms. The number of ether oxygens (including phenoxy) is 1. The first-order valence-corrected chi connectivity index (χ1v) is 45.9. The Morgan fingerprint density at radius 3 is 0.977 bits per heavy atom. The molecule has 0 aromatic heterocycles. The standard InChI is InChI=1S/2C23H46N6O3.C17H33N5O2.C13H24N2O3.C6H15ClNO.C6H15N3.9ClH/c1-20(2)23(32)25-9-8-16-29(6,7)18-22(31)24-10-11-26-12-14-27(15-13-26)21(19-30)17-28(3,4)5;1-20(2)23(32)25-9-8-16-29(6,7)19-22(31)24-10-11-26-12-14-27(15-13-26)17-21(30)18-28(3,4)5;1-15(2)17(24)20-6-5-13-22(3,4)14-16(23)19-9-12-21-10-7-18-8-11-21;1-6-18-12(16)10-15(4,5)9-7-8-14-13(17)11(2)3;1-8(2,3)5-6(9)4-7;7-1-4-9-5-2-8-3-6-9;;;;;;;;;/h2*21,30H,1,8-19H2,2-7H3;18H,1,5-14H2,2-4H3,(H-,19,20,23,24);2,6-10H2,1,3-5H3;6,9H,4-5H2,1-3H3;8H,1-7H2;9*1H/q;;;;+1;;;;;;;;;;/p+1. The van der Waals surface area contributed by atoms with Gasteiger partial charge in [0.25, 0.3) is 17.7 Å². The molecule has 7 amide bonds. The number of aliphatic hydroxyl groups excluding tert-OH is 3. The predicted octanol–water partition coefficient (Wildman–Crippen LogP) is -35.7. The van der Waals surface area contributed by atoms with E-state index in [1.807, 2.05) is 77.5 Å². The zero-order valence-electron chi connectivity index (χ0n) is 85.7. The summed E-state index contributed by atoms with van der Waals surface area (Å²) in [4.78, 5) is 105. The molecule has 3 unspecified atom stereocenters. The third-order valence-corrected chi connectivity index (χ3v) is 21.7. The highest BCUT2D eigenvalue weighted by molar-refractivity contribution is 6.18. The van der Waals surface area contributed by atoms with Crippen LogP contribution in [0.1, 0.15) is 60.3 Å². The third-order valence-electron chi connectivity index (χ3n) is 21.3. The molecule has 4 fully saturated rings. The van der Waals surface area contributed by atoms with Gasteiger partial charge in [-0.1, -0.05) is 26.3 Å². The Kier molecular flexibility index (Phi) is 95.8. The number of halogens is 10. The summed E-state index contributed by atoms with van der Waals surface area (Å²) >= 11 is 5.40. The van der Waals surface area contributed by atoms with Gasteiger partial charge in [-0.3, -0.25) is 43.4 Å². The van der Waals surface area contributed by atoms with Crippen molar-refractivity contribution in [1.82, 2.24) is 57.7 Å². The molecule has 3 atom stereocenters. The Balaban J connectivity index is -0.000000154. The lowest BCUT2D eigenvalue weighted by molar-refractivity contribution is -1.03. The summed E-state index contributed by atoms with van der Waals surface area (Å²) in [6.45, 7) is 58.4.